The van der Waals surface area contributed by atoms with E-state index in [0.717, 1.165) is 49.4 Å². The van der Waals surface area contributed by atoms with Crippen molar-refractivity contribution in [2.24, 2.45) is 4.99 Å². The zero-order valence-electron chi connectivity index (χ0n) is 11.1. The van der Waals surface area contributed by atoms with E-state index in [1.807, 2.05) is 0 Å². The monoisotopic (exact) mass is 264 g/mol. The molecule has 0 aromatic rings. The maximum atomic E-state index is 12.0. The van der Waals surface area contributed by atoms with Crippen molar-refractivity contribution in [1.82, 2.24) is 5.32 Å². The van der Waals surface area contributed by atoms with Crippen molar-refractivity contribution in [2.45, 2.75) is 31.8 Å². The van der Waals surface area contributed by atoms with Gasteiger partial charge in [-0.2, -0.15) is 0 Å². The van der Waals surface area contributed by atoms with Crippen LogP contribution in [0.15, 0.2) is 16.3 Å². The number of hydrogen-bond acceptors (Lipinski definition) is 5. The Morgan fingerprint density at radius 3 is 3.16 bits per heavy atom. The second kappa shape index (κ2) is 5.94. The maximum Gasteiger partial charge on any atom is 0.168 e. The number of nitrogens with one attached hydrogen (secondary N) is 1. The van der Waals surface area contributed by atoms with Crippen LogP contribution in [0.3, 0.4) is 0 Å². The molecule has 0 aromatic carbocycles. The number of aliphatic imine (C=N–C) groups is 1. The van der Waals surface area contributed by atoms with Gasteiger partial charge in [-0.05, 0) is 12.8 Å². The molecule has 0 saturated carbocycles. The minimum atomic E-state index is 0.179. The Bertz CT molecular complexity index is 422. The molecule has 3 aliphatic heterocycles. The van der Waals surface area contributed by atoms with Gasteiger partial charge in [-0.25, -0.2) is 0 Å². The molecule has 0 radical (unpaired) electrons. The van der Waals surface area contributed by atoms with Gasteiger partial charge in [-0.15, -0.1) is 0 Å². The Morgan fingerprint density at radius 1 is 1.37 bits per heavy atom. The van der Waals surface area contributed by atoms with Gasteiger partial charge < -0.3 is 14.8 Å². The first kappa shape index (κ1) is 13.0. The quantitative estimate of drug-likeness (QED) is 0.817. The zero-order chi connectivity index (χ0) is 13.1. The fraction of sp³-hybridized carbons (Fsp3) is 0.714. The van der Waals surface area contributed by atoms with Crippen LogP contribution < -0.4 is 5.32 Å². The van der Waals surface area contributed by atoms with Gasteiger partial charge in [-0.1, -0.05) is 0 Å². The molecule has 0 spiro atoms. The minimum absolute atomic E-state index is 0.179. The number of nitrogens with zero attached hydrogens (tertiary/aromatic N) is 1. The average molecular weight is 264 g/mol. The predicted octanol–water partition coefficient (Wildman–Crippen LogP) is 0.843. The first-order chi connectivity index (χ1) is 9.33. The summed E-state index contributed by atoms with van der Waals surface area (Å²) in [7, 11) is 0. The molecule has 3 rings (SSSR count). The van der Waals surface area contributed by atoms with E-state index in [2.05, 4.69) is 10.3 Å². The summed E-state index contributed by atoms with van der Waals surface area (Å²) >= 11 is 0. The topological polar surface area (TPSA) is 59.9 Å². The Balaban J connectivity index is 1.54. The second-order valence-corrected chi connectivity index (χ2v) is 5.27. The number of carbonyl (C=O) groups excluding carboxylic acids is 1. The van der Waals surface area contributed by atoms with E-state index >= 15 is 0 Å². The van der Waals surface area contributed by atoms with Crippen LogP contribution in [0.4, 0.5) is 0 Å². The van der Waals surface area contributed by atoms with Crippen LogP contribution in [0, 0.1) is 0 Å². The highest BCUT2D eigenvalue weighted by Gasteiger charge is 2.25. The summed E-state index contributed by atoms with van der Waals surface area (Å²) in [4.78, 5) is 16.6. The van der Waals surface area contributed by atoms with Crippen LogP contribution >= 0.6 is 0 Å². The smallest absolute Gasteiger partial charge is 0.168 e. The van der Waals surface area contributed by atoms with Gasteiger partial charge in [-0.3, -0.25) is 9.79 Å². The van der Waals surface area contributed by atoms with Gasteiger partial charge in [0.1, 0.15) is 0 Å². The fourth-order valence-corrected chi connectivity index (χ4v) is 2.75. The number of ketones is 1. The van der Waals surface area contributed by atoms with Crippen LogP contribution in [0.25, 0.3) is 0 Å². The number of carbonyl (C=O) groups is 1. The highest BCUT2D eigenvalue weighted by Crippen LogP contribution is 2.23. The van der Waals surface area contributed by atoms with E-state index in [1.54, 1.807) is 0 Å². The fourth-order valence-electron chi connectivity index (χ4n) is 2.75. The summed E-state index contributed by atoms with van der Waals surface area (Å²) in [5.41, 5.74) is 2.68. The third kappa shape index (κ3) is 3.11. The molecule has 1 atom stereocenters. The molecule has 104 valence electrons. The highest BCUT2D eigenvalue weighted by molar-refractivity contribution is 6.13. The molecule has 5 nitrogen and oxygen atoms in total. The second-order valence-electron chi connectivity index (χ2n) is 5.27. The number of hydrogen-bond donors (Lipinski definition) is 1. The van der Waals surface area contributed by atoms with Gasteiger partial charge in [0.05, 0.1) is 31.4 Å². The molecule has 0 amide bonds. The van der Waals surface area contributed by atoms with Crippen LogP contribution in [0.2, 0.25) is 0 Å². The van der Waals surface area contributed by atoms with Gasteiger partial charge in [0, 0.05) is 37.4 Å². The maximum absolute atomic E-state index is 12.0. The molecule has 19 heavy (non-hydrogen) atoms. The van der Waals surface area contributed by atoms with E-state index in [-0.39, 0.29) is 5.78 Å². The number of rotatable bonds is 4. The molecule has 5 heteroatoms. The molecule has 0 aromatic heterocycles. The van der Waals surface area contributed by atoms with Gasteiger partial charge in [0.25, 0.3) is 0 Å². The first-order valence-corrected chi connectivity index (χ1v) is 7.04. The summed E-state index contributed by atoms with van der Waals surface area (Å²) in [6, 6.07) is 0. The summed E-state index contributed by atoms with van der Waals surface area (Å²) in [5.74, 6) is 0.179. The van der Waals surface area contributed by atoms with Crippen LogP contribution in [0.5, 0.6) is 0 Å². The standard InChI is InChI=1S/C14H20N2O3/c17-14-6-10(7-15-8-11-2-1-4-19-11)16-13-3-5-18-9-12(13)14/h11,15H,1-9H2/t11-/m1/s1. The molecule has 0 aliphatic carbocycles. The van der Waals surface area contributed by atoms with Crippen molar-refractivity contribution < 1.29 is 14.3 Å². The summed E-state index contributed by atoms with van der Waals surface area (Å²) in [6.45, 7) is 3.52. The van der Waals surface area contributed by atoms with E-state index in [1.165, 1.54) is 0 Å². The summed E-state index contributed by atoms with van der Waals surface area (Å²) in [5, 5.41) is 3.35. The van der Waals surface area contributed by atoms with Crippen LogP contribution in [-0.4, -0.2) is 50.5 Å². The van der Waals surface area contributed by atoms with Crippen molar-refractivity contribution >= 4 is 11.5 Å². The predicted molar refractivity (Wildman–Crippen MR) is 71.4 cm³/mol. The molecule has 1 saturated heterocycles. The Morgan fingerprint density at radius 2 is 2.32 bits per heavy atom. The molecule has 1 N–H and O–H groups in total. The third-order valence-electron chi connectivity index (χ3n) is 3.80. The van der Waals surface area contributed by atoms with E-state index in [9.17, 15) is 4.79 Å². The normalized spacial score (nSPS) is 27.5. The lowest BCUT2D eigenvalue weighted by Crippen LogP contribution is -2.34. The zero-order valence-corrected chi connectivity index (χ0v) is 11.1. The SMILES string of the molecule is O=C1CC(CNC[C@H]2CCCO2)=NC2=C1COCC2. The number of ether oxygens (including phenoxy) is 2. The largest absolute Gasteiger partial charge is 0.377 e. The lowest BCUT2D eigenvalue weighted by atomic mass is 9.98. The Hall–Kier alpha value is -1.04. The lowest BCUT2D eigenvalue weighted by Gasteiger charge is -2.22. The van der Waals surface area contributed by atoms with Crippen LogP contribution in [-0.2, 0) is 14.3 Å². The molecule has 0 unspecified atom stereocenters. The highest BCUT2D eigenvalue weighted by atomic mass is 16.5. The van der Waals surface area contributed by atoms with Crippen molar-refractivity contribution in [1.29, 1.82) is 0 Å². The summed E-state index contributed by atoms with van der Waals surface area (Å²) in [6.07, 6.45) is 3.81. The molecule has 1 fully saturated rings. The third-order valence-corrected chi connectivity index (χ3v) is 3.80. The average Bonchev–Trinajstić information content (AvgIpc) is 2.92. The first-order valence-electron chi connectivity index (χ1n) is 7.04. The van der Waals surface area contributed by atoms with Gasteiger partial charge >= 0.3 is 0 Å². The van der Waals surface area contributed by atoms with Gasteiger partial charge in [0.15, 0.2) is 5.78 Å². The van der Waals surface area contributed by atoms with Crippen molar-refractivity contribution in [3.8, 4) is 0 Å². The van der Waals surface area contributed by atoms with Crippen molar-refractivity contribution in [2.75, 3.05) is 32.9 Å². The molecular formula is C14H20N2O3. The number of Topliss-reactive ketones (excluding diaryl/α,β-unsaturated/α-hetero) is 1. The molecule has 0 bridgehead atoms. The minimum Gasteiger partial charge on any atom is -0.377 e. The van der Waals surface area contributed by atoms with E-state index < -0.39 is 0 Å². The van der Waals surface area contributed by atoms with Crippen molar-refractivity contribution in [3.05, 3.63) is 11.3 Å². The van der Waals surface area contributed by atoms with E-state index in [4.69, 9.17) is 9.47 Å². The molecule has 3 aliphatic rings. The molecule has 3 heterocycles. The Kier molecular flexibility index (Phi) is 4.06. The molecular weight excluding hydrogens is 244 g/mol. The van der Waals surface area contributed by atoms with E-state index in [0.29, 0.717) is 32.3 Å². The Labute approximate surface area is 113 Å². The van der Waals surface area contributed by atoms with Crippen LogP contribution in [0.1, 0.15) is 25.7 Å². The van der Waals surface area contributed by atoms with Crippen molar-refractivity contribution in [3.63, 3.8) is 0 Å². The van der Waals surface area contributed by atoms with Gasteiger partial charge in [0.2, 0.25) is 0 Å². The summed E-state index contributed by atoms with van der Waals surface area (Å²) < 4.78 is 10.9. The lowest BCUT2D eigenvalue weighted by molar-refractivity contribution is -0.115.